The minimum atomic E-state index is -0.747. The van der Waals surface area contributed by atoms with Gasteiger partial charge in [-0.15, -0.1) is 11.3 Å². The van der Waals surface area contributed by atoms with Crippen molar-refractivity contribution in [2.75, 3.05) is 13.7 Å². The molecule has 2 amide bonds. The maximum Gasteiger partial charge on any atom is 0.338 e. The molecule has 9 nitrogen and oxygen atoms in total. The van der Waals surface area contributed by atoms with Gasteiger partial charge in [0.05, 0.1) is 49.4 Å². The highest BCUT2D eigenvalue weighted by Crippen LogP contribution is 2.29. The van der Waals surface area contributed by atoms with Crippen LogP contribution in [0.2, 0.25) is 0 Å². The number of benzene rings is 1. The zero-order valence-electron chi connectivity index (χ0n) is 16.9. The summed E-state index contributed by atoms with van der Waals surface area (Å²) in [4.78, 5) is 42.4. The average Bonchev–Trinajstić information content (AvgIpc) is 3.25. The molecule has 1 aromatic carbocycles. The van der Waals surface area contributed by atoms with Crippen LogP contribution in [0.3, 0.4) is 0 Å². The van der Waals surface area contributed by atoms with Gasteiger partial charge in [0.2, 0.25) is 0 Å². The molecular formula is C21H20N4O5S. The lowest BCUT2D eigenvalue weighted by Gasteiger charge is -2.29. The summed E-state index contributed by atoms with van der Waals surface area (Å²) in [6.07, 6.45) is 1.41. The van der Waals surface area contributed by atoms with Crippen LogP contribution in [0, 0.1) is 0 Å². The number of carbonyl (C=O) groups is 2. The van der Waals surface area contributed by atoms with E-state index in [1.54, 1.807) is 49.7 Å². The van der Waals surface area contributed by atoms with Gasteiger partial charge in [0, 0.05) is 0 Å². The molecule has 2 aromatic heterocycles. The highest BCUT2D eigenvalue weighted by atomic mass is 32.1. The van der Waals surface area contributed by atoms with E-state index in [0.29, 0.717) is 21.5 Å². The number of carbonyl (C=O) groups excluding carboxylic acids is 2. The fraction of sp³-hybridized carbons (Fsp3) is 0.238. The Bertz CT molecular complexity index is 1230. The van der Waals surface area contributed by atoms with E-state index < -0.39 is 18.0 Å². The van der Waals surface area contributed by atoms with Crippen molar-refractivity contribution in [2.45, 2.75) is 19.5 Å². The maximum atomic E-state index is 12.9. The number of methoxy groups -OCH3 is 1. The molecule has 0 aliphatic carbocycles. The van der Waals surface area contributed by atoms with Crippen molar-refractivity contribution < 1.29 is 19.1 Å². The summed E-state index contributed by atoms with van der Waals surface area (Å²) in [5.41, 5.74) is 1.55. The number of ether oxygens (including phenoxy) is 2. The molecule has 0 bridgehead atoms. The smallest absolute Gasteiger partial charge is 0.338 e. The number of hydrogen-bond acceptors (Lipinski definition) is 7. The molecule has 1 aliphatic heterocycles. The van der Waals surface area contributed by atoms with Gasteiger partial charge >= 0.3 is 12.0 Å². The SMILES string of the molecule is CCOC(=O)C1=C(Cn2cnc3ccsc3c2=O)NC(=O)N[C@H]1c1ccc(OC)cc1. The van der Waals surface area contributed by atoms with Gasteiger partial charge in [-0.05, 0) is 36.1 Å². The molecule has 3 heterocycles. The first-order valence-electron chi connectivity index (χ1n) is 9.56. The molecule has 0 spiro atoms. The molecular weight excluding hydrogens is 420 g/mol. The van der Waals surface area contributed by atoms with E-state index in [9.17, 15) is 14.4 Å². The first kappa shape index (κ1) is 20.6. The van der Waals surface area contributed by atoms with E-state index in [2.05, 4.69) is 15.6 Å². The minimum Gasteiger partial charge on any atom is -0.497 e. The molecule has 160 valence electrons. The van der Waals surface area contributed by atoms with Gasteiger partial charge in [-0.3, -0.25) is 9.36 Å². The lowest BCUT2D eigenvalue weighted by atomic mass is 9.95. The Kier molecular flexibility index (Phi) is 5.72. The molecule has 1 atom stereocenters. The lowest BCUT2D eigenvalue weighted by molar-refractivity contribution is -0.139. The first-order valence-corrected chi connectivity index (χ1v) is 10.4. The average molecular weight is 440 g/mol. The Morgan fingerprint density at radius 3 is 2.71 bits per heavy atom. The molecule has 31 heavy (non-hydrogen) atoms. The summed E-state index contributed by atoms with van der Waals surface area (Å²) in [6.45, 7) is 1.84. The topological polar surface area (TPSA) is 112 Å². The number of esters is 1. The molecule has 10 heteroatoms. The van der Waals surface area contributed by atoms with Crippen LogP contribution < -0.4 is 20.9 Å². The van der Waals surface area contributed by atoms with E-state index >= 15 is 0 Å². The normalized spacial score (nSPS) is 16.1. The minimum absolute atomic E-state index is 0.0338. The number of thiophene rings is 1. The lowest BCUT2D eigenvalue weighted by Crippen LogP contribution is -2.47. The predicted octanol–water partition coefficient (Wildman–Crippen LogP) is 2.34. The molecule has 0 fully saturated rings. The van der Waals surface area contributed by atoms with Gasteiger partial charge in [0.25, 0.3) is 5.56 Å². The number of nitrogens with one attached hydrogen (secondary N) is 2. The molecule has 1 aliphatic rings. The first-order chi connectivity index (χ1) is 15.0. The van der Waals surface area contributed by atoms with Crippen LogP contribution in [0.1, 0.15) is 18.5 Å². The van der Waals surface area contributed by atoms with Gasteiger partial charge in [0.1, 0.15) is 10.4 Å². The number of nitrogens with zero attached hydrogens (tertiary/aromatic N) is 2. The second kappa shape index (κ2) is 8.60. The summed E-state index contributed by atoms with van der Waals surface area (Å²) in [5, 5.41) is 7.22. The van der Waals surface area contributed by atoms with Crippen LogP contribution >= 0.6 is 11.3 Å². The van der Waals surface area contributed by atoms with Crippen LogP contribution in [0.5, 0.6) is 5.75 Å². The van der Waals surface area contributed by atoms with Crippen LogP contribution in [-0.4, -0.2) is 35.3 Å². The molecule has 2 N–H and O–H groups in total. The highest BCUT2D eigenvalue weighted by Gasteiger charge is 2.34. The van der Waals surface area contributed by atoms with Crippen LogP contribution in [0.25, 0.3) is 10.2 Å². The van der Waals surface area contributed by atoms with Gasteiger partial charge in [-0.1, -0.05) is 12.1 Å². The number of amides is 2. The standard InChI is InChI=1S/C21H20N4O5S/c1-3-30-20(27)16-15(10-25-11-22-14-8-9-31-18(14)19(25)26)23-21(28)24-17(16)12-4-6-13(29-2)7-5-12/h4-9,11,17H,3,10H2,1-2H3,(H2,23,24,28)/t17-/m0/s1. The third kappa shape index (κ3) is 4.02. The van der Waals surface area contributed by atoms with E-state index in [4.69, 9.17) is 9.47 Å². The molecule has 0 saturated heterocycles. The fourth-order valence-corrected chi connectivity index (χ4v) is 4.19. The summed E-state index contributed by atoms with van der Waals surface area (Å²) >= 11 is 1.29. The Morgan fingerprint density at radius 2 is 2.00 bits per heavy atom. The van der Waals surface area contributed by atoms with Crippen molar-refractivity contribution in [3.05, 3.63) is 69.2 Å². The quantitative estimate of drug-likeness (QED) is 0.569. The number of aromatic nitrogens is 2. The Hall–Kier alpha value is -3.66. The Morgan fingerprint density at radius 1 is 1.23 bits per heavy atom. The maximum absolute atomic E-state index is 12.9. The number of allylic oxidation sites excluding steroid dienone is 1. The van der Waals surface area contributed by atoms with E-state index in [1.165, 1.54) is 22.2 Å². The molecule has 0 saturated carbocycles. The fourth-order valence-electron chi connectivity index (χ4n) is 3.40. The van der Waals surface area contributed by atoms with Crippen molar-refractivity contribution in [1.29, 1.82) is 0 Å². The molecule has 0 radical (unpaired) electrons. The van der Waals surface area contributed by atoms with Crippen molar-refractivity contribution in [2.24, 2.45) is 0 Å². The predicted molar refractivity (Wildman–Crippen MR) is 115 cm³/mol. The zero-order chi connectivity index (χ0) is 22.0. The molecule has 0 unspecified atom stereocenters. The zero-order valence-corrected chi connectivity index (χ0v) is 17.7. The highest BCUT2D eigenvalue weighted by molar-refractivity contribution is 7.17. The van der Waals surface area contributed by atoms with Crippen molar-refractivity contribution in [1.82, 2.24) is 20.2 Å². The van der Waals surface area contributed by atoms with Gasteiger partial charge in [0.15, 0.2) is 0 Å². The molecule has 3 aromatic rings. The van der Waals surface area contributed by atoms with Crippen molar-refractivity contribution >= 4 is 33.6 Å². The Balaban J connectivity index is 1.80. The summed E-state index contributed by atoms with van der Waals surface area (Å²) < 4.78 is 12.3. The van der Waals surface area contributed by atoms with Crippen LogP contribution in [0.15, 0.2) is 58.1 Å². The van der Waals surface area contributed by atoms with E-state index in [1.807, 2.05) is 0 Å². The second-order valence-electron chi connectivity index (χ2n) is 6.73. The van der Waals surface area contributed by atoms with E-state index in [-0.39, 0.29) is 30.0 Å². The summed E-state index contributed by atoms with van der Waals surface area (Å²) in [7, 11) is 1.56. The van der Waals surface area contributed by atoms with Crippen molar-refractivity contribution in [3.8, 4) is 5.75 Å². The summed E-state index contributed by atoms with van der Waals surface area (Å²) in [5.74, 6) is 0.0665. The molecule has 4 rings (SSSR count). The third-order valence-electron chi connectivity index (χ3n) is 4.86. The third-order valence-corrected chi connectivity index (χ3v) is 5.75. The largest absolute Gasteiger partial charge is 0.497 e. The summed E-state index contributed by atoms with van der Waals surface area (Å²) in [6, 6.07) is 7.54. The second-order valence-corrected chi connectivity index (χ2v) is 7.65. The van der Waals surface area contributed by atoms with E-state index in [0.717, 1.165) is 0 Å². The van der Waals surface area contributed by atoms with Crippen LogP contribution in [-0.2, 0) is 16.1 Å². The Labute approximate surface area is 181 Å². The number of fused-ring (bicyclic) bond motifs is 1. The number of hydrogen-bond donors (Lipinski definition) is 2. The van der Waals surface area contributed by atoms with Crippen molar-refractivity contribution in [3.63, 3.8) is 0 Å². The van der Waals surface area contributed by atoms with Gasteiger partial charge in [-0.2, -0.15) is 0 Å². The van der Waals surface area contributed by atoms with Gasteiger partial charge in [-0.25, -0.2) is 14.6 Å². The number of urea groups is 1. The van der Waals surface area contributed by atoms with Gasteiger partial charge < -0.3 is 20.1 Å². The monoisotopic (exact) mass is 440 g/mol. The van der Waals surface area contributed by atoms with Crippen LogP contribution in [0.4, 0.5) is 4.79 Å². The number of rotatable bonds is 6.